The van der Waals surface area contributed by atoms with Crippen molar-refractivity contribution < 1.29 is 0 Å². The number of likely N-dealkylation sites (tertiary alicyclic amines) is 2. The summed E-state index contributed by atoms with van der Waals surface area (Å²) in [5.41, 5.74) is 2.04. The molecule has 1 spiro atoms. The Morgan fingerprint density at radius 3 is 2.44 bits per heavy atom. The predicted molar refractivity (Wildman–Crippen MR) is 104 cm³/mol. The molecule has 4 rings (SSSR count). The molecule has 1 N–H and O–H groups in total. The van der Waals surface area contributed by atoms with E-state index in [4.69, 9.17) is 0 Å². The Morgan fingerprint density at radius 1 is 1.08 bits per heavy atom. The van der Waals surface area contributed by atoms with Gasteiger partial charge in [0, 0.05) is 26.7 Å². The minimum atomic E-state index is 0.445. The van der Waals surface area contributed by atoms with Crippen molar-refractivity contribution in [3.8, 4) is 0 Å². The fourth-order valence-electron chi connectivity index (χ4n) is 4.91. The first kappa shape index (κ1) is 16.9. The summed E-state index contributed by atoms with van der Waals surface area (Å²) in [5, 5.41) is 3.71. The van der Waals surface area contributed by atoms with Gasteiger partial charge in [-0.1, -0.05) is 36.8 Å². The quantitative estimate of drug-likeness (QED) is 0.674. The molecule has 1 atom stereocenters. The smallest absolute Gasteiger partial charge is 0.193 e. The molecular formula is C21H32N4. The predicted octanol–water partition coefficient (Wildman–Crippen LogP) is 3.27. The number of rotatable bonds is 4. The van der Waals surface area contributed by atoms with Crippen LogP contribution in [0.15, 0.2) is 35.3 Å². The highest BCUT2D eigenvalue weighted by Gasteiger charge is 2.43. The lowest BCUT2D eigenvalue weighted by molar-refractivity contribution is 0.151. The molecule has 0 amide bonds. The van der Waals surface area contributed by atoms with Crippen LogP contribution >= 0.6 is 0 Å². The molecule has 1 unspecified atom stereocenters. The normalized spacial score (nSPS) is 24.5. The molecule has 1 saturated carbocycles. The van der Waals surface area contributed by atoms with E-state index in [2.05, 4.69) is 50.4 Å². The largest absolute Gasteiger partial charge is 0.354 e. The Balaban J connectivity index is 1.41. The van der Waals surface area contributed by atoms with Gasteiger partial charge < -0.3 is 10.2 Å². The number of nitrogens with one attached hydrogen (secondary N) is 1. The van der Waals surface area contributed by atoms with E-state index in [0.29, 0.717) is 11.5 Å². The van der Waals surface area contributed by atoms with Crippen molar-refractivity contribution in [3.05, 3.63) is 35.9 Å². The molecule has 2 heterocycles. The van der Waals surface area contributed by atoms with E-state index in [-0.39, 0.29) is 0 Å². The van der Waals surface area contributed by atoms with Crippen LogP contribution < -0.4 is 5.32 Å². The maximum absolute atomic E-state index is 4.60. The molecule has 136 valence electrons. The van der Waals surface area contributed by atoms with E-state index in [1.54, 1.807) is 0 Å². The van der Waals surface area contributed by atoms with E-state index >= 15 is 0 Å². The lowest BCUT2D eigenvalue weighted by atomic mass is 9.68. The van der Waals surface area contributed by atoms with Gasteiger partial charge in [0.2, 0.25) is 0 Å². The average Bonchev–Trinajstić information content (AvgIpc) is 3.29. The van der Waals surface area contributed by atoms with Crippen LogP contribution in [0.1, 0.15) is 50.1 Å². The van der Waals surface area contributed by atoms with Crippen molar-refractivity contribution in [2.45, 2.75) is 44.6 Å². The standard InChI is InChI=1S/C21H32N4/c1-22-20(25-15-12-21(17-25)10-7-11-21)23-16-19(24-13-5-6-14-24)18-8-3-2-4-9-18/h2-4,8-9,19H,5-7,10-17H2,1H3,(H,22,23). The molecule has 1 aliphatic carbocycles. The maximum Gasteiger partial charge on any atom is 0.193 e. The van der Waals surface area contributed by atoms with Gasteiger partial charge in [-0.2, -0.15) is 0 Å². The van der Waals surface area contributed by atoms with Gasteiger partial charge in [0.25, 0.3) is 0 Å². The number of aliphatic imine (C=N–C) groups is 1. The van der Waals surface area contributed by atoms with Crippen LogP contribution in [0.5, 0.6) is 0 Å². The van der Waals surface area contributed by atoms with E-state index in [1.807, 2.05) is 7.05 Å². The van der Waals surface area contributed by atoms with Crippen molar-refractivity contribution in [1.82, 2.24) is 15.1 Å². The molecule has 2 aliphatic heterocycles. The number of guanidine groups is 1. The molecule has 2 saturated heterocycles. The Hall–Kier alpha value is -1.55. The zero-order chi connectivity index (χ0) is 17.1. The first-order chi connectivity index (χ1) is 12.3. The monoisotopic (exact) mass is 340 g/mol. The minimum absolute atomic E-state index is 0.445. The van der Waals surface area contributed by atoms with E-state index in [0.717, 1.165) is 12.5 Å². The van der Waals surface area contributed by atoms with Gasteiger partial charge in [0.1, 0.15) is 0 Å². The number of nitrogens with zero attached hydrogens (tertiary/aromatic N) is 3. The minimum Gasteiger partial charge on any atom is -0.354 e. The van der Waals surface area contributed by atoms with Gasteiger partial charge in [0.15, 0.2) is 5.96 Å². The fraction of sp³-hybridized carbons (Fsp3) is 0.667. The first-order valence-electron chi connectivity index (χ1n) is 10.0. The van der Waals surface area contributed by atoms with Crippen molar-refractivity contribution in [2.24, 2.45) is 10.4 Å². The molecular weight excluding hydrogens is 308 g/mol. The molecule has 1 aromatic carbocycles. The summed E-state index contributed by atoms with van der Waals surface area (Å²) >= 11 is 0. The fourth-order valence-corrected chi connectivity index (χ4v) is 4.91. The first-order valence-corrected chi connectivity index (χ1v) is 10.0. The second kappa shape index (κ2) is 7.36. The van der Waals surface area contributed by atoms with Crippen LogP contribution in [0, 0.1) is 5.41 Å². The number of benzene rings is 1. The van der Waals surface area contributed by atoms with Crippen molar-refractivity contribution in [3.63, 3.8) is 0 Å². The van der Waals surface area contributed by atoms with Crippen LogP contribution in [-0.4, -0.2) is 55.5 Å². The number of hydrogen-bond acceptors (Lipinski definition) is 2. The van der Waals surface area contributed by atoms with Crippen molar-refractivity contribution in [1.29, 1.82) is 0 Å². The Labute approximate surface area is 152 Å². The lowest BCUT2D eigenvalue weighted by Gasteiger charge is -2.38. The van der Waals surface area contributed by atoms with Crippen LogP contribution in [0.3, 0.4) is 0 Å². The highest BCUT2D eigenvalue weighted by Crippen LogP contribution is 2.47. The van der Waals surface area contributed by atoms with Gasteiger partial charge in [-0.3, -0.25) is 9.89 Å². The lowest BCUT2D eigenvalue weighted by Crippen LogP contribution is -2.45. The third-order valence-corrected chi connectivity index (χ3v) is 6.58. The summed E-state index contributed by atoms with van der Waals surface area (Å²) in [6.07, 6.45) is 8.26. The Morgan fingerprint density at radius 2 is 1.84 bits per heavy atom. The molecule has 1 aromatic rings. The zero-order valence-electron chi connectivity index (χ0n) is 15.6. The highest BCUT2D eigenvalue weighted by atomic mass is 15.3. The van der Waals surface area contributed by atoms with E-state index < -0.39 is 0 Å². The molecule has 25 heavy (non-hydrogen) atoms. The van der Waals surface area contributed by atoms with Crippen LogP contribution in [0.4, 0.5) is 0 Å². The topological polar surface area (TPSA) is 30.9 Å². The van der Waals surface area contributed by atoms with Crippen molar-refractivity contribution in [2.75, 3.05) is 39.8 Å². The van der Waals surface area contributed by atoms with Crippen LogP contribution in [0.25, 0.3) is 0 Å². The van der Waals surface area contributed by atoms with Gasteiger partial charge in [0.05, 0.1) is 6.04 Å². The van der Waals surface area contributed by atoms with Gasteiger partial charge in [-0.15, -0.1) is 0 Å². The molecule has 3 fully saturated rings. The molecule has 4 nitrogen and oxygen atoms in total. The summed E-state index contributed by atoms with van der Waals surface area (Å²) in [7, 11) is 1.93. The van der Waals surface area contributed by atoms with Crippen LogP contribution in [-0.2, 0) is 0 Å². The summed E-state index contributed by atoms with van der Waals surface area (Å²) in [4.78, 5) is 9.72. The van der Waals surface area contributed by atoms with Crippen LogP contribution in [0.2, 0.25) is 0 Å². The second-order valence-electron chi connectivity index (χ2n) is 8.12. The third-order valence-electron chi connectivity index (χ3n) is 6.58. The maximum atomic E-state index is 4.60. The highest BCUT2D eigenvalue weighted by molar-refractivity contribution is 5.80. The molecule has 0 bridgehead atoms. The second-order valence-corrected chi connectivity index (χ2v) is 8.12. The Bertz CT molecular complexity index is 587. The van der Waals surface area contributed by atoms with Gasteiger partial charge in [-0.25, -0.2) is 0 Å². The molecule has 0 radical (unpaired) electrons. The summed E-state index contributed by atoms with van der Waals surface area (Å²) < 4.78 is 0. The Kier molecular flexibility index (Phi) is 4.98. The van der Waals surface area contributed by atoms with Gasteiger partial charge in [-0.05, 0) is 56.2 Å². The van der Waals surface area contributed by atoms with Gasteiger partial charge >= 0.3 is 0 Å². The van der Waals surface area contributed by atoms with E-state index in [9.17, 15) is 0 Å². The average molecular weight is 341 g/mol. The zero-order valence-corrected chi connectivity index (χ0v) is 15.6. The summed E-state index contributed by atoms with van der Waals surface area (Å²) in [6, 6.07) is 11.4. The van der Waals surface area contributed by atoms with Crippen molar-refractivity contribution >= 4 is 5.96 Å². The summed E-state index contributed by atoms with van der Waals surface area (Å²) in [5.74, 6) is 1.10. The molecule has 4 heteroatoms. The molecule has 0 aromatic heterocycles. The summed E-state index contributed by atoms with van der Waals surface area (Å²) in [6.45, 7) is 5.74. The number of hydrogen-bond donors (Lipinski definition) is 1. The SMILES string of the molecule is CN=C(NCC(c1ccccc1)N1CCCC1)N1CCC2(CCC2)C1. The van der Waals surface area contributed by atoms with E-state index in [1.165, 1.54) is 70.3 Å². The third kappa shape index (κ3) is 3.55. The molecule has 3 aliphatic rings.